The summed E-state index contributed by atoms with van der Waals surface area (Å²) in [6, 6.07) is 0. The van der Waals surface area contributed by atoms with Gasteiger partial charge < -0.3 is 0 Å². The van der Waals surface area contributed by atoms with Crippen LogP contribution in [0.4, 0.5) is 0 Å². The molecule has 2 aliphatic rings. The van der Waals surface area contributed by atoms with Crippen LogP contribution in [0.15, 0.2) is 0 Å². The van der Waals surface area contributed by atoms with Crippen LogP contribution in [0.3, 0.4) is 0 Å². The van der Waals surface area contributed by atoms with E-state index in [1.165, 1.54) is 7.05 Å². The van der Waals surface area contributed by atoms with Crippen LogP contribution in [0.1, 0.15) is 32.1 Å². The van der Waals surface area contributed by atoms with Gasteiger partial charge in [-0.25, -0.2) is 4.31 Å². The Balaban J connectivity index is 2.35. The van der Waals surface area contributed by atoms with E-state index < -0.39 is 15.7 Å². The topological polar surface area (TPSA) is 66.5 Å². The van der Waals surface area contributed by atoms with E-state index in [0.29, 0.717) is 12.8 Å². The van der Waals surface area contributed by atoms with Gasteiger partial charge in [-0.2, -0.15) is 13.1 Å². The highest BCUT2D eigenvalue weighted by Gasteiger charge is 2.52. The van der Waals surface area contributed by atoms with Crippen LogP contribution in [0.5, 0.6) is 0 Å². The second-order valence-electron chi connectivity index (χ2n) is 4.02. The van der Waals surface area contributed by atoms with Gasteiger partial charge in [0.1, 0.15) is 5.54 Å². The van der Waals surface area contributed by atoms with Crippen molar-refractivity contribution in [3.8, 4) is 0 Å². The summed E-state index contributed by atoms with van der Waals surface area (Å²) in [6.45, 7) is 0. The minimum Gasteiger partial charge on any atom is -0.272 e. The Bertz CT molecular complexity index is 357. The first-order valence-electron chi connectivity index (χ1n) is 4.80. The van der Waals surface area contributed by atoms with E-state index in [-0.39, 0.29) is 5.91 Å². The number of hydrogen-bond acceptors (Lipinski definition) is 3. The van der Waals surface area contributed by atoms with E-state index in [2.05, 4.69) is 4.72 Å². The summed E-state index contributed by atoms with van der Waals surface area (Å²) in [6.07, 6.45) is 4.19. The molecule has 6 heteroatoms. The van der Waals surface area contributed by atoms with Gasteiger partial charge in [0, 0.05) is 7.05 Å². The van der Waals surface area contributed by atoms with E-state index in [9.17, 15) is 13.2 Å². The second-order valence-corrected chi connectivity index (χ2v) is 5.72. The van der Waals surface area contributed by atoms with Gasteiger partial charge >= 0.3 is 10.2 Å². The molecule has 1 amide bonds. The molecule has 14 heavy (non-hydrogen) atoms. The van der Waals surface area contributed by atoms with Crippen molar-refractivity contribution >= 4 is 16.1 Å². The lowest BCUT2D eigenvalue weighted by molar-refractivity contribution is -0.131. The molecule has 0 unspecified atom stereocenters. The van der Waals surface area contributed by atoms with Crippen LogP contribution in [0.25, 0.3) is 0 Å². The number of rotatable bonds is 0. The van der Waals surface area contributed by atoms with E-state index in [4.69, 9.17) is 0 Å². The summed E-state index contributed by atoms with van der Waals surface area (Å²) >= 11 is 0. The first-order chi connectivity index (χ1) is 6.48. The van der Waals surface area contributed by atoms with E-state index >= 15 is 0 Å². The molecule has 1 aliphatic carbocycles. The van der Waals surface area contributed by atoms with Crippen molar-refractivity contribution in [2.75, 3.05) is 7.05 Å². The van der Waals surface area contributed by atoms with Gasteiger partial charge in [0.2, 0.25) is 0 Å². The van der Waals surface area contributed by atoms with Crippen molar-refractivity contribution in [2.45, 2.75) is 37.6 Å². The molecule has 0 radical (unpaired) electrons. The third kappa shape index (κ3) is 1.25. The van der Waals surface area contributed by atoms with Crippen molar-refractivity contribution in [2.24, 2.45) is 0 Å². The van der Waals surface area contributed by atoms with Gasteiger partial charge in [-0.1, -0.05) is 19.3 Å². The third-order valence-corrected chi connectivity index (χ3v) is 4.62. The minimum absolute atomic E-state index is 0.294. The molecule has 1 heterocycles. The minimum atomic E-state index is -3.55. The zero-order valence-electron chi connectivity index (χ0n) is 8.12. The zero-order valence-corrected chi connectivity index (χ0v) is 8.93. The Labute approximate surface area is 83.6 Å². The molecular formula is C8H14N2O3S. The number of likely N-dealkylation sites (N-methyl/N-ethyl adjacent to an activating group) is 1. The van der Waals surface area contributed by atoms with E-state index in [0.717, 1.165) is 23.6 Å². The summed E-state index contributed by atoms with van der Waals surface area (Å²) in [5, 5.41) is 0. The lowest BCUT2D eigenvalue weighted by atomic mass is 9.82. The summed E-state index contributed by atoms with van der Waals surface area (Å²) in [4.78, 5) is 11.8. The van der Waals surface area contributed by atoms with Crippen LogP contribution in [0.2, 0.25) is 0 Å². The first-order valence-corrected chi connectivity index (χ1v) is 6.24. The zero-order chi connectivity index (χ0) is 10.4. The molecule has 0 aromatic heterocycles. The van der Waals surface area contributed by atoms with Crippen LogP contribution in [-0.4, -0.2) is 31.2 Å². The lowest BCUT2D eigenvalue weighted by Gasteiger charge is -2.29. The van der Waals surface area contributed by atoms with Gasteiger partial charge in [-0.05, 0) is 12.8 Å². The fraction of sp³-hybridized carbons (Fsp3) is 0.875. The first kappa shape index (κ1) is 9.92. The highest BCUT2D eigenvalue weighted by molar-refractivity contribution is 7.88. The SMILES string of the molecule is CN1C(=O)C2(CCCCC2)NS1(=O)=O. The Morgan fingerprint density at radius 3 is 2.29 bits per heavy atom. The standard InChI is InChI=1S/C8H14N2O3S/c1-10-7(11)8(9-14(10,12)13)5-3-2-4-6-8/h9H,2-6H2,1H3. The fourth-order valence-corrected chi connectivity index (χ4v) is 3.56. The maximum Gasteiger partial charge on any atom is 0.304 e. The molecule has 1 saturated heterocycles. The molecule has 0 atom stereocenters. The highest BCUT2D eigenvalue weighted by Crippen LogP contribution is 2.34. The number of nitrogens with zero attached hydrogens (tertiary/aromatic N) is 1. The maximum absolute atomic E-state index is 11.8. The average molecular weight is 218 g/mol. The van der Waals surface area contributed by atoms with E-state index in [1.807, 2.05) is 0 Å². The van der Waals surface area contributed by atoms with Gasteiger partial charge in [-0.3, -0.25) is 4.79 Å². The van der Waals surface area contributed by atoms with Crippen molar-refractivity contribution in [3.05, 3.63) is 0 Å². The second kappa shape index (κ2) is 2.93. The van der Waals surface area contributed by atoms with Gasteiger partial charge in [0.25, 0.3) is 5.91 Å². The molecule has 1 saturated carbocycles. The molecule has 0 aromatic rings. The number of amides is 1. The molecule has 1 N–H and O–H groups in total. The number of nitrogens with one attached hydrogen (secondary N) is 1. The molecule has 1 spiro atoms. The quantitative estimate of drug-likeness (QED) is 0.622. The van der Waals surface area contributed by atoms with Gasteiger partial charge in [0.15, 0.2) is 0 Å². The third-order valence-electron chi connectivity index (χ3n) is 3.09. The predicted molar refractivity (Wildman–Crippen MR) is 50.6 cm³/mol. The fourth-order valence-electron chi connectivity index (χ4n) is 2.24. The smallest absolute Gasteiger partial charge is 0.272 e. The van der Waals surface area contributed by atoms with Gasteiger partial charge in [0.05, 0.1) is 0 Å². The van der Waals surface area contributed by atoms with Crippen molar-refractivity contribution in [1.29, 1.82) is 0 Å². The van der Waals surface area contributed by atoms with Gasteiger partial charge in [-0.15, -0.1) is 0 Å². The lowest BCUT2D eigenvalue weighted by Crippen LogP contribution is -2.48. The summed E-state index contributed by atoms with van der Waals surface area (Å²) < 4.78 is 26.2. The number of carbonyl (C=O) groups is 1. The predicted octanol–water partition coefficient (Wildman–Crippen LogP) is -0.00430. The molecule has 2 fully saturated rings. The normalized spacial score (nSPS) is 29.8. The van der Waals surface area contributed by atoms with Crippen molar-refractivity contribution < 1.29 is 13.2 Å². The molecule has 0 aromatic carbocycles. The van der Waals surface area contributed by atoms with Crippen LogP contribution < -0.4 is 4.72 Å². The molecule has 0 bridgehead atoms. The number of carbonyl (C=O) groups excluding carboxylic acids is 1. The Morgan fingerprint density at radius 1 is 1.29 bits per heavy atom. The average Bonchev–Trinajstić information content (AvgIpc) is 2.29. The number of hydrogen-bond donors (Lipinski definition) is 1. The van der Waals surface area contributed by atoms with Crippen LogP contribution in [-0.2, 0) is 15.0 Å². The Hall–Kier alpha value is -0.620. The van der Waals surface area contributed by atoms with E-state index in [1.54, 1.807) is 0 Å². The Morgan fingerprint density at radius 2 is 1.86 bits per heavy atom. The molecule has 1 aliphatic heterocycles. The maximum atomic E-state index is 11.8. The molecule has 80 valence electrons. The summed E-state index contributed by atoms with van der Waals surface area (Å²) in [5.74, 6) is -0.294. The largest absolute Gasteiger partial charge is 0.304 e. The summed E-state index contributed by atoms with van der Waals surface area (Å²) in [7, 11) is -2.23. The molecule has 5 nitrogen and oxygen atoms in total. The monoisotopic (exact) mass is 218 g/mol. The van der Waals surface area contributed by atoms with Crippen molar-refractivity contribution in [1.82, 2.24) is 9.03 Å². The summed E-state index contributed by atoms with van der Waals surface area (Å²) in [5.41, 5.74) is -0.814. The molecular weight excluding hydrogens is 204 g/mol. The van der Waals surface area contributed by atoms with Crippen LogP contribution >= 0.6 is 0 Å². The van der Waals surface area contributed by atoms with Crippen LogP contribution in [0, 0.1) is 0 Å². The molecule has 2 rings (SSSR count). The highest BCUT2D eigenvalue weighted by atomic mass is 32.2. The Kier molecular flexibility index (Phi) is 2.08. The van der Waals surface area contributed by atoms with Crippen molar-refractivity contribution in [3.63, 3.8) is 0 Å².